The molecule has 5 heteroatoms. The lowest BCUT2D eigenvalue weighted by Crippen LogP contribution is -2.07. The van der Waals surface area contributed by atoms with Crippen molar-refractivity contribution in [3.05, 3.63) is 127 Å². The van der Waals surface area contributed by atoms with Crippen molar-refractivity contribution in [3.63, 3.8) is 0 Å². The van der Waals surface area contributed by atoms with E-state index in [1.54, 1.807) is 31.2 Å². The van der Waals surface area contributed by atoms with E-state index >= 15 is 0 Å². The average Bonchev–Trinajstić information content (AvgIpc) is 2.93. The summed E-state index contributed by atoms with van der Waals surface area (Å²) < 4.78 is 16.3. The molecule has 0 spiro atoms. The first-order valence-electron chi connectivity index (χ1n) is 11.7. The molecule has 0 radical (unpaired) electrons. The molecule has 184 valence electrons. The highest BCUT2D eigenvalue weighted by Gasteiger charge is 2.06. The molecule has 0 amide bonds. The maximum Gasteiger partial charge on any atom is 0.338 e. The first-order chi connectivity index (χ1) is 17.9. The molecule has 0 aliphatic rings. The topological polar surface area (TPSA) is 61.8 Å². The molecule has 0 fully saturated rings. The van der Waals surface area contributed by atoms with Crippen LogP contribution in [-0.4, -0.2) is 11.9 Å². The van der Waals surface area contributed by atoms with Crippen LogP contribution in [0.3, 0.4) is 0 Å². The van der Waals surface area contributed by atoms with Gasteiger partial charge in [0.15, 0.2) is 0 Å². The molecular weight excluding hydrogens is 464 g/mol. The second-order valence-electron chi connectivity index (χ2n) is 8.35. The van der Waals surface area contributed by atoms with E-state index in [9.17, 15) is 9.59 Å². The molecule has 0 atom stereocenters. The molecule has 0 unspecified atom stereocenters. The lowest BCUT2D eigenvalue weighted by molar-refractivity contribution is -0.130. The van der Waals surface area contributed by atoms with Crippen molar-refractivity contribution < 1.29 is 23.8 Å². The van der Waals surface area contributed by atoms with Gasteiger partial charge in [-0.15, -0.1) is 0 Å². The summed E-state index contributed by atoms with van der Waals surface area (Å²) in [7, 11) is 0. The third-order valence-corrected chi connectivity index (χ3v) is 5.53. The molecule has 0 bridgehead atoms. The van der Waals surface area contributed by atoms with Crippen molar-refractivity contribution in [3.8, 4) is 39.5 Å². The number of esters is 2. The van der Waals surface area contributed by atoms with Crippen LogP contribution in [0.25, 0.3) is 22.3 Å². The van der Waals surface area contributed by atoms with Crippen LogP contribution in [0.15, 0.2) is 122 Å². The number of ether oxygens (including phenoxy) is 3. The molecular formula is C32H26O5. The Kier molecular flexibility index (Phi) is 7.96. The molecule has 0 saturated heterocycles. The van der Waals surface area contributed by atoms with Gasteiger partial charge in [-0.25, -0.2) is 9.59 Å². The van der Waals surface area contributed by atoms with Crippen LogP contribution in [-0.2, 0) is 16.2 Å². The van der Waals surface area contributed by atoms with Crippen LogP contribution < -0.4 is 14.2 Å². The van der Waals surface area contributed by atoms with Gasteiger partial charge in [0, 0.05) is 11.6 Å². The number of hydrogen-bond acceptors (Lipinski definition) is 5. The summed E-state index contributed by atoms with van der Waals surface area (Å²) in [6, 6.07) is 30.6. The third kappa shape index (κ3) is 6.83. The van der Waals surface area contributed by atoms with Crippen LogP contribution in [0.5, 0.6) is 17.2 Å². The molecule has 0 aliphatic carbocycles. The highest BCUT2D eigenvalue weighted by atomic mass is 16.5. The fraction of sp³-hybridized carbons (Fsp3) is 0.0625. The monoisotopic (exact) mass is 490 g/mol. The van der Waals surface area contributed by atoms with Gasteiger partial charge in [0.2, 0.25) is 0 Å². The largest absolute Gasteiger partial charge is 0.489 e. The van der Waals surface area contributed by atoms with Crippen molar-refractivity contribution in [1.82, 2.24) is 0 Å². The predicted octanol–water partition coefficient (Wildman–Crippen LogP) is 7.17. The summed E-state index contributed by atoms with van der Waals surface area (Å²) in [6.45, 7) is 9.04. The molecule has 0 saturated carbocycles. The van der Waals surface area contributed by atoms with Gasteiger partial charge in [-0.2, -0.15) is 0 Å². The first-order valence-corrected chi connectivity index (χ1v) is 11.7. The van der Waals surface area contributed by atoms with Crippen LogP contribution in [0.4, 0.5) is 0 Å². The van der Waals surface area contributed by atoms with E-state index in [4.69, 9.17) is 14.2 Å². The summed E-state index contributed by atoms with van der Waals surface area (Å²) in [4.78, 5) is 23.0. The first kappa shape index (κ1) is 25.2. The summed E-state index contributed by atoms with van der Waals surface area (Å²) in [5.74, 6) is 0.805. The highest BCUT2D eigenvalue weighted by molar-refractivity contribution is 5.88. The Bertz CT molecular complexity index is 1400. The molecule has 0 heterocycles. The fourth-order valence-corrected chi connectivity index (χ4v) is 3.49. The Morgan fingerprint density at radius 1 is 0.649 bits per heavy atom. The quantitative estimate of drug-likeness (QED) is 0.141. The zero-order valence-electron chi connectivity index (χ0n) is 20.5. The molecule has 4 aromatic carbocycles. The minimum Gasteiger partial charge on any atom is -0.489 e. The van der Waals surface area contributed by atoms with E-state index in [2.05, 4.69) is 13.2 Å². The van der Waals surface area contributed by atoms with Gasteiger partial charge in [0.05, 0.1) is 0 Å². The zero-order chi connectivity index (χ0) is 26.2. The van der Waals surface area contributed by atoms with E-state index in [-0.39, 0.29) is 0 Å². The average molecular weight is 491 g/mol. The standard InChI is InChI=1S/C32H26O5/c1-4-31(33)36-29-17-11-26(12-18-29)24-7-5-23(6-8-24)21-35-28-15-9-25(10-16-28)27-13-19-30(20-14-27)37-32(34)22(2)3/h4-20H,1-2,21H2,3H3. The van der Waals surface area contributed by atoms with Gasteiger partial charge >= 0.3 is 11.9 Å². The molecule has 0 N–H and O–H groups in total. The summed E-state index contributed by atoms with van der Waals surface area (Å²) in [5, 5.41) is 0. The van der Waals surface area contributed by atoms with E-state index in [1.807, 2.05) is 72.8 Å². The van der Waals surface area contributed by atoms with Crippen LogP contribution >= 0.6 is 0 Å². The van der Waals surface area contributed by atoms with Crippen molar-refractivity contribution >= 4 is 11.9 Å². The number of benzene rings is 4. The lowest BCUT2D eigenvalue weighted by atomic mass is 10.0. The van der Waals surface area contributed by atoms with Gasteiger partial charge in [0.25, 0.3) is 0 Å². The third-order valence-electron chi connectivity index (χ3n) is 5.53. The van der Waals surface area contributed by atoms with Gasteiger partial charge in [-0.05, 0) is 71.1 Å². The van der Waals surface area contributed by atoms with Gasteiger partial charge in [-0.1, -0.05) is 73.8 Å². The van der Waals surface area contributed by atoms with E-state index in [1.165, 1.54) is 0 Å². The smallest absolute Gasteiger partial charge is 0.338 e. The number of rotatable bonds is 9. The Labute approximate surface area is 216 Å². The zero-order valence-corrected chi connectivity index (χ0v) is 20.5. The minimum absolute atomic E-state index is 0.357. The molecule has 0 aliphatic heterocycles. The Balaban J connectivity index is 1.32. The number of hydrogen-bond donors (Lipinski definition) is 0. The minimum atomic E-state index is -0.482. The fourth-order valence-electron chi connectivity index (χ4n) is 3.49. The molecule has 4 aromatic rings. The van der Waals surface area contributed by atoms with Gasteiger partial charge < -0.3 is 14.2 Å². The number of carbonyl (C=O) groups is 2. The van der Waals surface area contributed by atoms with Gasteiger partial charge in [0.1, 0.15) is 23.9 Å². The van der Waals surface area contributed by atoms with Crippen molar-refractivity contribution in [2.45, 2.75) is 13.5 Å². The van der Waals surface area contributed by atoms with E-state index in [0.717, 1.165) is 39.6 Å². The van der Waals surface area contributed by atoms with E-state index in [0.29, 0.717) is 23.7 Å². The summed E-state index contributed by atoms with van der Waals surface area (Å²) in [6.07, 6.45) is 1.13. The molecule has 5 nitrogen and oxygen atoms in total. The summed E-state index contributed by atoms with van der Waals surface area (Å²) >= 11 is 0. The van der Waals surface area contributed by atoms with Crippen molar-refractivity contribution in [2.75, 3.05) is 0 Å². The van der Waals surface area contributed by atoms with E-state index < -0.39 is 11.9 Å². The van der Waals surface area contributed by atoms with Gasteiger partial charge in [-0.3, -0.25) is 0 Å². The Morgan fingerprint density at radius 2 is 1.05 bits per heavy atom. The van der Waals surface area contributed by atoms with Crippen LogP contribution in [0, 0.1) is 0 Å². The predicted molar refractivity (Wildman–Crippen MR) is 144 cm³/mol. The van der Waals surface area contributed by atoms with Crippen molar-refractivity contribution in [2.24, 2.45) is 0 Å². The normalized spacial score (nSPS) is 10.3. The molecule has 37 heavy (non-hydrogen) atoms. The summed E-state index contributed by atoms with van der Waals surface area (Å²) in [5.41, 5.74) is 5.50. The molecule has 0 aromatic heterocycles. The molecule has 4 rings (SSSR count). The lowest BCUT2D eigenvalue weighted by Gasteiger charge is -2.09. The maximum atomic E-state index is 11.6. The number of carbonyl (C=O) groups excluding carboxylic acids is 2. The SMILES string of the molecule is C=CC(=O)Oc1ccc(-c2ccc(COc3ccc(-c4ccc(OC(=O)C(=C)C)cc4)cc3)cc2)cc1. The second-order valence-corrected chi connectivity index (χ2v) is 8.35. The van der Waals surface area contributed by atoms with Crippen LogP contribution in [0.2, 0.25) is 0 Å². The Hall–Kier alpha value is -4.90. The Morgan fingerprint density at radius 3 is 1.49 bits per heavy atom. The maximum absolute atomic E-state index is 11.6. The second kappa shape index (κ2) is 11.7. The van der Waals surface area contributed by atoms with Crippen molar-refractivity contribution in [1.29, 1.82) is 0 Å². The highest BCUT2D eigenvalue weighted by Crippen LogP contribution is 2.26. The van der Waals surface area contributed by atoms with Crippen LogP contribution in [0.1, 0.15) is 12.5 Å².